The highest BCUT2D eigenvalue weighted by Gasteiger charge is 2.31. The van der Waals surface area contributed by atoms with E-state index < -0.39 is 0 Å². The number of likely N-dealkylation sites (N-methyl/N-ethyl adjacent to an activating group) is 1. The predicted molar refractivity (Wildman–Crippen MR) is 117 cm³/mol. The molecule has 1 saturated heterocycles. The molecule has 7 nitrogen and oxygen atoms in total. The molecule has 0 unspecified atom stereocenters. The van der Waals surface area contributed by atoms with Gasteiger partial charge in [0.25, 0.3) is 17.1 Å². The van der Waals surface area contributed by atoms with Crippen molar-refractivity contribution in [3.8, 4) is 11.5 Å². The summed E-state index contributed by atoms with van der Waals surface area (Å²) in [6.07, 6.45) is 1.63. The molecule has 1 heterocycles. The largest absolute Gasteiger partial charge is 0.490 e. The molecule has 0 aromatic heterocycles. The number of nitrogens with zero attached hydrogens (tertiary/aromatic N) is 1. The van der Waals surface area contributed by atoms with Crippen LogP contribution in [0.15, 0.2) is 47.4 Å². The van der Waals surface area contributed by atoms with Crippen LogP contribution in [0, 0.1) is 6.92 Å². The summed E-state index contributed by atoms with van der Waals surface area (Å²) in [5.41, 5.74) is 2.44. The van der Waals surface area contributed by atoms with Crippen molar-refractivity contribution in [2.75, 3.05) is 25.6 Å². The van der Waals surface area contributed by atoms with E-state index in [0.29, 0.717) is 34.3 Å². The summed E-state index contributed by atoms with van der Waals surface area (Å²) < 4.78 is 11.3. The number of carbonyl (C=O) groups excluding carboxylic acids is 3. The van der Waals surface area contributed by atoms with Crippen molar-refractivity contribution >= 4 is 40.6 Å². The highest BCUT2D eigenvalue weighted by molar-refractivity contribution is 8.18. The van der Waals surface area contributed by atoms with Gasteiger partial charge in [0.1, 0.15) is 0 Å². The van der Waals surface area contributed by atoms with Gasteiger partial charge in [0.15, 0.2) is 18.1 Å². The van der Waals surface area contributed by atoms with Gasteiger partial charge in [-0.25, -0.2) is 0 Å². The minimum atomic E-state index is -0.337. The van der Waals surface area contributed by atoms with Gasteiger partial charge in [-0.1, -0.05) is 18.2 Å². The molecule has 0 saturated carbocycles. The number of imide groups is 1. The number of carbonyl (C=O) groups is 3. The second-order valence-corrected chi connectivity index (χ2v) is 7.58. The second kappa shape index (κ2) is 9.49. The molecule has 0 aliphatic carbocycles. The van der Waals surface area contributed by atoms with Gasteiger partial charge < -0.3 is 14.8 Å². The Bertz CT molecular complexity index is 1020. The highest BCUT2D eigenvalue weighted by atomic mass is 32.2. The molecule has 3 rings (SSSR count). The first kappa shape index (κ1) is 21.4. The third-order valence-electron chi connectivity index (χ3n) is 4.21. The van der Waals surface area contributed by atoms with Crippen molar-refractivity contribution in [1.82, 2.24) is 4.90 Å². The van der Waals surface area contributed by atoms with Gasteiger partial charge in [0, 0.05) is 12.7 Å². The average molecular weight is 426 g/mol. The predicted octanol–water partition coefficient (Wildman–Crippen LogP) is 4.08. The number of thioether (sulfide) groups is 1. The molecule has 156 valence electrons. The average Bonchev–Trinajstić information content (AvgIpc) is 2.94. The van der Waals surface area contributed by atoms with Crippen LogP contribution in [-0.2, 0) is 9.59 Å². The van der Waals surface area contributed by atoms with Gasteiger partial charge in [-0.2, -0.15) is 0 Å². The number of rotatable bonds is 7. The van der Waals surface area contributed by atoms with Gasteiger partial charge in [-0.15, -0.1) is 0 Å². The van der Waals surface area contributed by atoms with Crippen LogP contribution >= 0.6 is 11.8 Å². The Kier molecular flexibility index (Phi) is 6.79. The lowest BCUT2D eigenvalue weighted by Crippen LogP contribution is -2.22. The fourth-order valence-electron chi connectivity index (χ4n) is 2.76. The molecule has 30 heavy (non-hydrogen) atoms. The monoisotopic (exact) mass is 426 g/mol. The lowest BCUT2D eigenvalue weighted by Gasteiger charge is -2.13. The van der Waals surface area contributed by atoms with Crippen LogP contribution in [0.25, 0.3) is 6.08 Å². The van der Waals surface area contributed by atoms with E-state index in [4.69, 9.17) is 9.47 Å². The van der Waals surface area contributed by atoms with E-state index in [2.05, 4.69) is 5.32 Å². The number of amides is 3. The number of aryl methyl sites for hydroxylation is 1. The molecule has 0 atom stereocenters. The van der Waals surface area contributed by atoms with Crippen LogP contribution < -0.4 is 14.8 Å². The van der Waals surface area contributed by atoms with E-state index in [1.807, 2.05) is 38.1 Å². The van der Waals surface area contributed by atoms with E-state index in [0.717, 1.165) is 22.2 Å². The van der Waals surface area contributed by atoms with Crippen LogP contribution in [-0.4, -0.2) is 42.2 Å². The standard InChI is InChI=1S/C22H22N2O5S/c1-4-28-18-11-15(12-19-21(26)24(3)22(27)30-19)8-9-17(18)29-13-20(25)23-16-7-5-6-14(2)10-16/h5-12H,4,13H2,1-3H3,(H,23,25)/b19-12+. The Morgan fingerprint density at radius 2 is 1.93 bits per heavy atom. The molecule has 8 heteroatoms. The second-order valence-electron chi connectivity index (χ2n) is 6.59. The smallest absolute Gasteiger partial charge is 0.293 e. The van der Waals surface area contributed by atoms with Gasteiger partial charge in [-0.3, -0.25) is 19.3 Å². The summed E-state index contributed by atoms with van der Waals surface area (Å²) in [5, 5.41) is 2.48. The maximum absolute atomic E-state index is 12.2. The molecule has 3 amide bonds. The van der Waals surface area contributed by atoms with E-state index in [1.165, 1.54) is 7.05 Å². The highest BCUT2D eigenvalue weighted by Crippen LogP contribution is 2.34. The van der Waals surface area contributed by atoms with Gasteiger partial charge in [0.2, 0.25) is 0 Å². The van der Waals surface area contributed by atoms with Crippen molar-refractivity contribution < 1.29 is 23.9 Å². The third kappa shape index (κ3) is 5.21. The van der Waals surface area contributed by atoms with Crippen molar-refractivity contribution in [2.45, 2.75) is 13.8 Å². The van der Waals surface area contributed by atoms with Crippen molar-refractivity contribution in [1.29, 1.82) is 0 Å². The van der Waals surface area contributed by atoms with Gasteiger partial charge >= 0.3 is 0 Å². The first-order valence-corrected chi connectivity index (χ1v) is 10.2. The zero-order valence-electron chi connectivity index (χ0n) is 16.9. The minimum Gasteiger partial charge on any atom is -0.490 e. The number of ether oxygens (including phenoxy) is 2. The molecular formula is C22H22N2O5S. The first-order valence-electron chi connectivity index (χ1n) is 9.35. The quantitative estimate of drug-likeness (QED) is 0.672. The van der Waals surface area contributed by atoms with Crippen LogP contribution in [0.1, 0.15) is 18.1 Å². The summed E-state index contributed by atoms with van der Waals surface area (Å²) in [6, 6.07) is 12.6. The fourth-order valence-corrected chi connectivity index (χ4v) is 3.59. The van der Waals surface area contributed by atoms with Gasteiger partial charge in [-0.05, 0) is 67.1 Å². The maximum Gasteiger partial charge on any atom is 0.293 e. The van der Waals surface area contributed by atoms with Crippen molar-refractivity contribution in [3.05, 3.63) is 58.5 Å². The molecule has 0 spiro atoms. The number of nitrogens with one attached hydrogen (secondary N) is 1. The van der Waals surface area contributed by atoms with Crippen LogP contribution in [0.4, 0.5) is 10.5 Å². The topological polar surface area (TPSA) is 84.9 Å². The summed E-state index contributed by atoms with van der Waals surface area (Å²) in [7, 11) is 1.45. The van der Waals surface area contributed by atoms with E-state index >= 15 is 0 Å². The lowest BCUT2D eigenvalue weighted by atomic mass is 10.2. The Hall–Kier alpha value is -3.26. The summed E-state index contributed by atoms with van der Waals surface area (Å²) in [4.78, 5) is 37.3. The van der Waals surface area contributed by atoms with Crippen molar-refractivity contribution in [3.63, 3.8) is 0 Å². The molecule has 1 fully saturated rings. The van der Waals surface area contributed by atoms with Crippen molar-refractivity contribution in [2.24, 2.45) is 0 Å². The Morgan fingerprint density at radius 3 is 2.60 bits per heavy atom. The SMILES string of the molecule is CCOc1cc(/C=C2/SC(=O)N(C)C2=O)ccc1OCC(=O)Nc1cccc(C)c1. The first-order chi connectivity index (χ1) is 14.4. The minimum absolute atomic E-state index is 0.178. The molecule has 0 bridgehead atoms. The lowest BCUT2D eigenvalue weighted by molar-refractivity contribution is -0.121. The number of benzene rings is 2. The molecule has 1 aliphatic heterocycles. The molecule has 2 aromatic rings. The number of hydrogen-bond acceptors (Lipinski definition) is 6. The summed E-state index contributed by atoms with van der Waals surface area (Å²) >= 11 is 0.890. The maximum atomic E-state index is 12.2. The third-order valence-corrected chi connectivity index (χ3v) is 5.17. The van der Waals surface area contributed by atoms with E-state index in [-0.39, 0.29) is 23.7 Å². The Morgan fingerprint density at radius 1 is 1.13 bits per heavy atom. The zero-order valence-corrected chi connectivity index (χ0v) is 17.7. The van der Waals surface area contributed by atoms with Crippen LogP contribution in [0.5, 0.6) is 11.5 Å². The normalized spacial score (nSPS) is 14.9. The van der Waals surface area contributed by atoms with Crippen LogP contribution in [0.3, 0.4) is 0 Å². The number of anilines is 1. The zero-order chi connectivity index (χ0) is 21.7. The molecule has 0 radical (unpaired) electrons. The number of hydrogen-bond donors (Lipinski definition) is 1. The molecular weight excluding hydrogens is 404 g/mol. The Balaban J connectivity index is 1.70. The molecule has 1 aliphatic rings. The van der Waals surface area contributed by atoms with E-state index in [9.17, 15) is 14.4 Å². The molecule has 1 N–H and O–H groups in total. The van der Waals surface area contributed by atoms with Crippen LogP contribution in [0.2, 0.25) is 0 Å². The van der Waals surface area contributed by atoms with E-state index in [1.54, 1.807) is 24.3 Å². The summed E-state index contributed by atoms with van der Waals surface area (Å²) in [6.45, 7) is 4.01. The summed E-state index contributed by atoms with van der Waals surface area (Å²) in [5.74, 6) is 0.238. The Labute approximate surface area is 179 Å². The van der Waals surface area contributed by atoms with Gasteiger partial charge in [0.05, 0.1) is 11.5 Å². The molecule has 2 aromatic carbocycles. The fraction of sp³-hybridized carbons (Fsp3) is 0.227.